The van der Waals surface area contributed by atoms with Crippen molar-refractivity contribution < 1.29 is 9.90 Å². The molecule has 1 saturated heterocycles. The first-order valence-corrected chi connectivity index (χ1v) is 10.5. The van der Waals surface area contributed by atoms with Crippen molar-refractivity contribution in [3.8, 4) is 0 Å². The van der Waals surface area contributed by atoms with Crippen LogP contribution in [-0.2, 0) is 4.79 Å². The second kappa shape index (κ2) is 8.02. The number of thioether (sulfide) groups is 1. The number of carbonyl (C=O) groups is 1. The zero-order valence-electron chi connectivity index (χ0n) is 15.1. The molecule has 2 fully saturated rings. The molecule has 4 rings (SSSR count). The summed E-state index contributed by atoms with van der Waals surface area (Å²) in [6, 6.07) is 5.43. The monoisotopic (exact) mass is 416 g/mol. The standard InChI is InChI=1S/C19H20N4O3S2/c24-10-8-20-16-13(17(25)22-9-4-3-7-15(22)21-16)11-14-18(26)23(19(27)28-14)12-5-1-2-6-12/h3-4,7,9,11-12,20,24H,1-2,5-6,8,10H2/b14-11+. The third kappa shape index (κ3) is 3.45. The molecule has 9 heteroatoms. The van der Waals surface area contributed by atoms with Crippen LogP contribution in [0.3, 0.4) is 0 Å². The average Bonchev–Trinajstić information content (AvgIpc) is 3.30. The second-order valence-corrected chi connectivity index (χ2v) is 8.42. The minimum Gasteiger partial charge on any atom is -0.395 e. The molecule has 146 valence electrons. The molecule has 1 saturated carbocycles. The minimum atomic E-state index is -0.280. The molecule has 0 unspecified atom stereocenters. The van der Waals surface area contributed by atoms with E-state index in [9.17, 15) is 9.59 Å². The molecule has 1 amide bonds. The number of nitrogens with one attached hydrogen (secondary N) is 1. The average molecular weight is 417 g/mol. The lowest BCUT2D eigenvalue weighted by Gasteiger charge is -2.21. The lowest BCUT2D eigenvalue weighted by Crippen LogP contribution is -2.36. The van der Waals surface area contributed by atoms with Gasteiger partial charge in [-0.2, -0.15) is 0 Å². The molecule has 28 heavy (non-hydrogen) atoms. The summed E-state index contributed by atoms with van der Waals surface area (Å²) in [6.07, 6.45) is 7.34. The van der Waals surface area contributed by atoms with Gasteiger partial charge in [0.25, 0.3) is 11.5 Å². The van der Waals surface area contributed by atoms with Crippen molar-refractivity contribution in [2.75, 3.05) is 18.5 Å². The molecule has 2 aliphatic rings. The first-order chi connectivity index (χ1) is 13.6. The molecule has 7 nitrogen and oxygen atoms in total. The molecule has 2 aromatic rings. The van der Waals surface area contributed by atoms with Crippen LogP contribution in [0.4, 0.5) is 5.82 Å². The Morgan fingerprint density at radius 3 is 2.86 bits per heavy atom. The molecular formula is C19H20N4O3S2. The van der Waals surface area contributed by atoms with Crippen LogP contribution in [0.25, 0.3) is 11.7 Å². The van der Waals surface area contributed by atoms with Gasteiger partial charge in [0.2, 0.25) is 0 Å². The third-order valence-corrected chi connectivity index (χ3v) is 6.29. The van der Waals surface area contributed by atoms with E-state index in [4.69, 9.17) is 17.3 Å². The summed E-state index contributed by atoms with van der Waals surface area (Å²) >= 11 is 6.67. The molecule has 0 aromatic carbocycles. The summed E-state index contributed by atoms with van der Waals surface area (Å²) in [7, 11) is 0. The van der Waals surface area contributed by atoms with E-state index < -0.39 is 0 Å². The Labute approximate surface area is 171 Å². The van der Waals surface area contributed by atoms with Gasteiger partial charge in [0, 0.05) is 18.8 Å². The highest BCUT2D eigenvalue weighted by Crippen LogP contribution is 2.38. The van der Waals surface area contributed by atoms with Crippen molar-refractivity contribution >= 4 is 51.7 Å². The Balaban J connectivity index is 1.77. The number of thiocarbonyl (C=S) groups is 1. The number of nitrogens with zero attached hydrogens (tertiary/aromatic N) is 3. The van der Waals surface area contributed by atoms with Gasteiger partial charge in [-0.1, -0.05) is 42.9 Å². The number of aliphatic hydroxyl groups excluding tert-OH is 1. The molecule has 2 aromatic heterocycles. The van der Waals surface area contributed by atoms with E-state index >= 15 is 0 Å². The largest absolute Gasteiger partial charge is 0.395 e. The number of hydrogen-bond acceptors (Lipinski definition) is 7. The number of fused-ring (bicyclic) bond motifs is 1. The van der Waals surface area contributed by atoms with Gasteiger partial charge in [-0.15, -0.1) is 0 Å². The lowest BCUT2D eigenvalue weighted by atomic mass is 10.2. The number of aromatic nitrogens is 2. The first kappa shape index (κ1) is 19.1. The quantitative estimate of drug-likeness (QED) is 0.571. The van der Waals surface area contributed by atoms with Gasteiger partial charge in [0.05, 0.1) is 17.1 Å². The van der Waals surface area contributed by atoms with Crippen molar-refractivity contribution in [1.29, 1.82) is 0 Å². The molecule has 3 heterocycles. The molecule has 1 aliphatic heterocycles. The van der Waals surface area contributed by atoms with Crippen molar-refractivity contribution in [2.45, 2.75) is 31.7 Å². The number of hydrogen-bond donors (Lipinski definition) is 2. The van der Waals surface area contributed by atoms with Gasteiger partial charge in [-0.25, -0.2) is 4.98 Å². The van der Waals surface area contributed by atoms with Gasteiger partial charge in [-0.3, -0.25) is 18.9 Å². The van der Waals surface area contributed by atoms with E-state index in [2.05, 4.69) is 10.3 Å². The van der Waals surface area contributed by atoms with Crippen LogP contribution in [0.2, 0.25) is 0 Å². The zero-order chi connectivity index (χ0) is 19.7. The Bertz CT molecular complexity index is 1030. The topological polar surface area (TPSA) is 86.9 Å². The first-order valence-electron chi connectivity index (χ1n) is 9.23. The maximum atomic E-state index is 13.0. The number of pyridine rings is 1. The fourth-order valence-corrected chi connectivity index (χ4v) is 5.01. The third-order valence-electron chi connectivity index (χ3n) is 4.96. The van der Waals surface area contributed by atoms with Crippen LogP contribution in [-0.4, -0.2) is 48.8 Å². The van der Waals surface area contributed by atoms with E-state index in [0.717, 1.165) is 25.7 Å². The predicted octanol–water partition coefficient (Wildman–Crippen LogP) is 2.24. The van der Waals surface area contributed by atoms with E-state index in [0.29, 0.717) is 20.7 Å². The summed E-state index contributed by atoms with van der Waals surface area (Å²) < 4.78 is 1.98. The summed E-state index contributed by atoms with van der Waals surface area (Å²) in [6.45, 7) is 0.151. The lowest BCUT2D eigenvalue weighted by molar-refractivity contribution is -0.123. The molecular weight excluding hydrogens is 396 g/mol. The number of aliphatic hydroxyl groups is 1. The normalized spacial score (nSPS) is 19.3. The highest BCUT2D eigenvalue weighted by atomic mass is 32.2. The van der Waals surface area contributed by atoms with E-state index in [1.807, 2.05) is 0 Å². The summed E-state index contributed by atoms with van der Waals surface area (Å²) in [5, 5.41) is 12.1. The second-order valence-electron chi connectivity index (χ2n) is 6.75. The Morgan fingerprint density at radius 2 is 2.11 bits per heavy atom. The van der Waals surface area contributed by atoms with Gasteiger partial charge in [0.15, 0.2) is 0 Å². The van der Waals surface area contributed by atoms with Crippen LogP contribution in [0.1, 0.15) is 31.2 Å². The van der Waals surface area contributed by atoms with Crippen molar-refractivity contribution in [3.05, 3.63) is 45.2 Å². The SMILES string of the molecule is O=C1/C(=C\c2c(NCCO)nc3ccccn3c2=O)SC(=S)N1C1CCCC1. The van der Waals surface area contributed by atoms with E-state index in [1.165, 1.54) is 16.2 Å². The number of anilines is 1. The maximum absolute atomic E-state index is 13.0. The summed E-state index contributed by atoms with van der Waals surface area (Å²) in [5.41, 5.74) is 0.491. The Kier molecular flexibility index (Phi) is 5.47. The summed E-state index contributed by atoms with van der Waals surface area (Å²) in [4.78, 5) is 32.6. The minimum absolute atomic E-state index is 0.0981. The Hall–Kier alpha value is -2.23. The predicted molar refractivity (Wildman–Crippen MR) is 114 cm³/mol. The highest BCUT2D eigenvalue weighted by molar-refractivity contribution is 8.26. The van der Waals surface area contributed by atoms with Gasteiger partial charge in [-0.05, 0) is 31.1 Å². The fraction of sp³-hybridized carbons (Fsp3) is 0.368. The number of carbonyl (C=O) groups excluding carboxylic acids is 1. The van der Waals surface area contributed by atoms with Gasteiger partial charge in [0.1, 0.15) is 15.8 Å². The number of rotatable bonds is 5. The van der Waals surface area contributed by atoms with E-state index in [-0.39, 0.29) is 36.2 Å². The van der Waals surface area contributed by atoms with Crippen molar-refractivity contribution in [1.82, 2.24) is 14.3 Å². The molecule has 0 spiro atoms. The zero-order valence-corrected chi connectivity index (χ0v) is 16.8. The van der Waals surface area contributed by atoms with Gasteiger partial charge < -0.3 is 10.4 Å². The van der Waals surface area contributed by atoms with Crippen LogP contribution in [0.5, 0.6) is 0 Å². The van der Waals surface area contributed by atoms with Crippen LogP contribution >= 0.6 is 24.0 Å². The summed E-state index contributed by atoms with van der Waals surface area (Å²) in [5.74, 6) is 0.198. The smallest absolute Gasteiger partial charge is 0.267 e. The molecule has 2 N–H and O–H groups in total. The molecule has 0 atom stereocenters. The fourth-order valence-electron chi connectivity index (χ4n) is 3.63. The van der Waals surface area contributed by atoms with Crippen molar-refractivity contribution in [3.63, 3.8) is 0 Å². The van der Waals surface area contributed by atoms with Crippen LogP contribution in [0.15, 0.2) is 34.1 Å². The molecule has 0 radical (unpaired) electrons. The van der Waals surface area contributed by atoms with Crippen LogP contribution < -0.4 is 10.9 Å². The van der Waals surface area contributed by atoms with Crippen LogP contribution in [0, 0.1) is 0 Å². The van der Waals surface area contributed by atoms with E-state index in [1.54, 1.807) is 35.4 Å². The molecule has 0 bridgehead atoms. The Morgan fingerprint density at radius 1 is 1.32 bits per heavy atom. The highest BCUT2D eigenvalue weighted by Gasteiger charge is 2.38. The molecule has 1 aliphatic carbocycles. The van der Waals surface area contributed by atoms with Gasteiger partial charge >= 0.3 is 0 Å². The maximum Gasteiger partial charge on any atom is 0.267 e. The van der Waals surface area contributed by atoms with Crippen molar-refractivity contribution in [2.24, 2.45) is 0 Å². The number of amides is 1.